The molecule has 0 unspecified atom stereocenters. The number of aromatic nitrogens is 1. The first-order chi connectivity index (χ1) is 16.1. The van der Waals surface area contributed by atoms with E-state index < -0.39 is 5.82 Å². The second-order valence-electron chi connectivity index (χ2n) is 8.74. The fraction of sp³-hybridized carbons (Fsp3) is 0.480. The smallest absolute Gasteiger partial charge is 0.323 e. The van der Waals surface area contributed by atoms with Crippen LogP contribution in [0.5, 0.6) is 5.75 Å². The lowest BCUT2D eigenvalue weighted by molar-refractivity contribution is 0.0671. The highest BCUT2D eigenvalue weighted by Crippen LogP contribution is 2.26. The van der Waals surface area contributed by atoms with E-state index in [0.29, 0.717) is 44.2 Å². The molecule has 2 aliphatic rings. The summed E-state index contributed by atoms with van der Waals surface area (Å²) in [4.78, 5) is 32.6. The Kier molecular flexibility index (Phi) is 7.75. The van der Waals surface area contributed by atoms with Gasteiger partial charge in [0.2, 0.25) is 0 Å². The van der Waals surface area contributed by atoms with Gasteiger partial charge in [-0.2, -0.15) is 0 Å². The van der Waals surface area contributed by atoms with Crippen molar-refractivity contribution in [2.24, 2.45) is 5.92 Å². The second kappa shape index (κ2) is 11.1. The first kappa shape index (κ1) is 23.0. The van der Waals surface area contributed by atoms with Gasteiger partial charge >= 0.3 is 6.03 Å². The third-order valence-corrected chi connectivity index (χ3v) is 6.42. The maximum atomic E-state index is 13.0. The average Bonchev–Trinajstić information content (AvgIpc) is 2.86. The molecular formula is C25H31FN4O3. The number of piperazine rings is 1. The molecule has 0 spiro atoms. The number of amides is 3. The number of hydrogen-bond acceptors (Lipinski definition) is 4. The number of carbonyl (C=O) groups is 2. The van der Waals surface area contributed by atoms with E-state index in [9.17, 15) is 14.0 Å². The van der Waals surface area contributed by atoms with Crippen LogP contribution < -0.4 is 10.1 Å². The van der Waals surface area contributed by atoms with Crippen molar-refractivity contribution in [2.75, 3.05) is 38.1 Å². The molecule has 1 saturated carbocycles. The van der Waals surface area contributed by atoms with Crippen LogP contribution >= 0.6 is 0 Å². The van der Waals surface area contributed by atoms with Crippen LogP contribution in [0.4, 0.5) is 15.0 Å². The molecule has 2 heterocycles. The molecule has 0 bridgehead atoms. The van der Waals surface area contributed by atoms with E-state index in [0.717, 1.165) is 24.3 Å². The summed E-state index contributed by atoms with van der Waals surface area (Å²) in [6.07, 6.45) is 8.72. The molecule has 0 radical (unpaired) electrons. The van der Waals surface area contributed by atoms with Gasteiger partial charge in [0.25, 0.3) is 5.91 Å². The number of ether oxygens (including phenoxy) is 1. The number of carbonyl (C=O) groups excluding carboxylic acids is 2. The normalized spacial score (nSPS) is 17.0. The van der Waals surface area contributed by atoms with Crippen molar-refractivity contribution in [2.45, 2.75) is 38.5 Å². The summed E-state index contributed by atoms with van der Waals surface area (Å²) in [5.74, 6) is 1.25. The minimum absolute atomic E-state index is 0.0620. The Morgan fingerprint density at radius 3 is 2.52 bits per heavy atom. The van der Waals surface area contributed by atoms with Gasteiger partial charge in [0, 0.05) is 31.7 Å². The predicted molar refractivity (Wildman–Crippen MR) is 124 cm³/mol. The Morgan fingerprint density at radius 1 is 1.03 bits per heavy atom. The van der Waals surface area contributed by atoms with Crippen molar-refractivity contribution < 1.29 is 18.7 Å². The van der Waals surface area contributed by atoms with Gasteiger partial charge in [-0.3, -0.25) is 10.1 Å². The van der Waals surface area contributed by atoms with Crippen molar-refractivity contribution in [1.82, 2.24) is 14.8 Å². The van der Waals surface area contributed by atoms with Gasteiger partial charge < -0.3 is 14.5 Å². The molecule has 0 atom stereocenters. The summed E-state index contributed by atoms with van der Waals surface area (Å²) in [5.41, 5.74) is 0.596. The molecule has 7 nitrogen and oxygen atoms in total. The van der Waals surface area contributed by atoms with Gasteiger partial charge in [0.15, 0.2) is 0 Å². The zero-order valence-corrected chi connectivity index (χ0v) is 18.8. The van der Waals surface area contributed by atoms with Gasteiger partial charge in [-0.25, -0.2) is 14.2 Å². The van der Waals surface area contributed by atoms with Gasteiger partial charge in [-0.05, 0) is 42.7 Å². The van der Waals surface area contributed by atoms with Gasteiger partial charge in [0.05, 0.1) is 12.8 Å². The Hall–Kier alpha value is -3.16. The molecule has 33 heavy (non-hydrogen) atoms. The van der Waals surface area contributed by atoms with Gasteiger partial charge in [-0.1, -0.05) is 38.2 Å². The molecule has 2 aromatic rings. The summed E-state index contributed by atoms with van der Waals surface area (Å²) in [6.45, 7) is 2.39. The number of nitrogens with one attached hydrogen (secondary N) is 1. The number of nitrogens with zero attached hydrogens (tertiary/aromatic N) is 3. The van der Waals surface area contributed by atoms with Gasteiger partial charge in [-0.15, -0.1) is 0 Å². The molecule has 1 aliphatic carbocycles. The molecule has 1 aromatic carbocycles. The first-order valence-corrected chi connectivity index (χ1v) is 11.8. The largest absolute Gasteiger partial charge is 0.494 e. The number of halogens is 1. The van der Waals surface area contributed by atoms with E-state index in [1.54, 1.807) is 15.9 Å². The van der Waals surface area contributed by atoms with Crippen LogP contribution in [-0.2, 0) is 0 Å². The molecule has 8 heteroatoms. The van der Waals surface area contributed by atoms with Crippen LogP contribution in [0.15, 0.2) is 42.6 Å². The molecule has 1 aromatic heterocycles. The summed E-state index contributed by atoms with van der Waals surface area (Å²) < 4.78 is 18.9. The zero-order chi connectivity index (χ0) is 23.0. The summed E-state index contributed by atoms with van der Waals surface area (Å²) in [7, 11) is 0. The Balaban J connectivity index is 1.24. The van der Waals surface area contributed by atoms with Crippen LogP contribution in [0.25, 0.3) is 0 Å². The van der Waals surface area contributed by atoms with E-state index in [1.165, 1.54) is 44.2 Å². The minimum atomic E-state index is -0.459. The van der Waals surface area contributed by atoms with Crippen molar-refractivity contribution in [3.8, 4) is 5.75 Å². The minimum Gasteiger partial charge on any atom is -0.494 e. The third kappa shape index (κ3) is 6.43. The van der Waals surface area contributed by atoms with Gasteiger partial charge in [0.1, 0.15) is 17.4 Å². The number of benzene rings is 1. The zero-order valence-electron chi connectivity index (χ0n) is 18.8. The number of rotatable bonds is 6. The van der Waals surface area contributed by atoms with E-state index in [1.807, 2.05) is 18.2 Å². The maximum absolute atomic E-state index is 13.0. The molecular weight excluding hydrogens is 423 g/mol. The fourth-order valence-corrected chi connectivity index (χ4v) is 4.47. The van der Waals surface area contributed by atoms with E-state index in [4.69, 9.17) is 4.74 Å². The highest BCUT2D eigenvalue weighted by atomic mass is 19.1. The van der Waals surface area contributed by atoms with Crippen LogP contribution in [0, 0.1) is 11.7 Å². The molecule has 2 fully saturated rings. The van der Waals surface area contributed by atoms with Crippen LogP contribution in [0.3, 0.4) is 0 Å². The number of urea groups is 1. The summed E-state index contributed by atoms with van der Waals surface area (Å²) in [5, 5.41) is 2.65. The fourth-order valence-electron chi connectivity index (χ4n) is 4.47. The van der Waals surface area contributed by atoms with Crippen molar-refractivity contribution in [3.63, 3.8) is 0 Å². The third-order valence-electron chi connectivity index (χ3n) is 6.42. The lowest BCUT2D eigenvalue weighted by Crippen LogP contribution is -2.51. The van der Waals surface area contributed by atoms with Crippen molar-refractivity contribution in [3.05, 3.63) is 54.0 Å². The summed E-state index contributed by atoms with van der Waals surface area (Å²) in [6, 6.07) is 9.70. The molecule has 4 rings (SSSR count). The predicted octanol–water partition coefficient (Wildman–Crippen LogP) is 4.56. The molecule has 176 valence electrons. The quantitative estimate of drug-likeness (QED) is 0.694. The topological polar surface area (TPSA) is 74.8 Å². The van der Waals surface area contributed by atoms with Crippen molar-refractivity contribution >= 4 is 17.8 Å². The molecule has 1 N–H and O–H groups in total. The van der Waals surface area contributed by atoms with E-state index in [-0.39, 0.29) is 11.9 Å². The van der Waals surface area contributed by atoms with Crippen molar-refractivity contribution in [1.29, 1.82) is 0 Å². The number of hydrogen-bond donors (Lipinski definition) is 1. The summed E-state index contributed by atoms with van der Waals surface area (Å²) >= 11 is 0. The van der Waals surface area contributed by atoms with Crippen LogP contribution in [0.2, 0.25) is 0 Å². The second-order valence-corrected chi connectivity index (χ2v) is 8.74. The van der Waals surface area contributed by atoms with E-state index >= 15 is 0 Å². The number of anilines is 1. The Bertz CT molecular complexity index is 939. The SMILES string of the molecule is O=C(Nc1ccc(F)cn1)N1CCN(C(=O)c2cccc(OCCC3CCCCC3)c2)CC1. The Labute approximate surface area is 193 Å². The van der Waals surface area contributed by atoms with E-state index in [2.05, 4.69) is 10.3 Å². The monoisotopic (exact) mass is 454 g/mol. The number of pyridine rings is 1. The Morgan fingerprint density at radius 2 is 1.79 bits per heavy atom. The highest BCUT2D eigenvalue weighted by molar-refractivity contribution is 5.95. The molecule has 1 aliphatic heterocycles. The van der Waals surface area contributed by atoms with Crippen LogP contribution in [0.1, 0.15) is 48.9 Å². The molecule has 1 saturated heterocycles. The average molecular weight is 455 g/mol. The lowest BCUT2D eigenvalue weighted by Gasteiger charge is -2.34. The lowest BCUT2D eigenvalue weighted by atomic mass is 9.87. The standard InChI is InChI=1S/C25H31FN4O3/c26-21-9-10-23(27-18-21)28-25(32)30-14-12-29(13-15-30)24(31)20-7-4-8-22(17-20)33-16-11-19-5-2-1-3-6-19/h4,7-10,17-19H,1-3,5-6,11-16H2,(H,27,28,32). The molecule has 3 amide bonds. The first-order valence-electron chi connectivity index (χ1n) is 11.8. The maximum Gasteiger partial charge on any atom is 0.323 e. The highest BCUT2D eigenvalue weighted by Gasteiger charge is 2.25. The van der Waals surface area contributed by atoms with Crippen LogP contribution in [-0.4, -0.2) is 59.5 Å².